The lowest BCUT2D eigenvalue weighted by atomic mass is 10.1. The average molecular weight is 399 g/mol. The van der Waals surface area contributed by atoms with Crippen LogP contribution in [0.5, 0.6) is 11.5 Å². The molecule has 0 aliphatic carbocycles. The fourth-order valence-electron chi connectivity index (χ4n) is 3.08. The fourth-order valence-corrected chi connectivity index (χ4v) is 3.08. The summed E-state index contributed by atoms with van der Waals surface area (Å²) in [6.07, 6.45) is 0. The second-order valence-corrected chi connectivity index (χ2v) is 7.05. The average Bonchev–Trinajstić information content (AvgIpc) is 2.69. The van der Waals surface area contributed by atoms with E-state index in [1.165, 1.54) is 4.90 Å². The van der Waals surface area contributed by atoms with Crippen molar-refractivity contribution < 1.29 is 19.1 Å². The van der Waals surface area contributed by atoms with Crippen LogP contribution < -0.4 is 14.8 Å². The highest BCUT2D eigenvalue weighted by Gasteiger charge is 2.26. The number of amides is 2. The number of aryl methyl sites for hydroxylation is 2. The van der Waals surface area contributed by atoms with Crippen LogP contribution in [-0.2, 0) is 16.1 Å². The van der Waals surface area contributed by atoms with Crippen molar-refractivity contribution in [1.29, 1.82) is 0 Å². The van der Waals surface area contributed by atoms with Gasteiger partial charge in [-0.15, -0.1) is 0 Å². The van der Waals surface area contributed by atoms with E-state index in [1.807, 2.05) is 63.2 Å². The molecular formula is C23H30N2O4. The predicted octanol–water partition coefficient (Wildman–Crippen LogP) is 3.24. The van der Waals surface area contributed by atoms with E-state index >= 15 is 0 Å². The van der Waals surface area contributed by atoms with Gasteiger partial charge in [-0.3, -0.25) is 9.59 Å². The summed E-state index contributed by atoms with van der Waals surface area (Å²) < 4.78 is 10.9. The Hall–Kier alpha value is -3.02. The molecule has 2 rings (SSSR count). The molecule has 0 fully saturated rings. The summed E-state index contributed by atoms with van der Waals surface area (Å²) in [5.41, 5.74) is 3.04. The zero-order valence-electron chi connectivity index (χ0n) is 17.8. The lowest BCUT2D eigenvalue weighted by molar-refractivity contribution is -0.142. The van der Waals surface area contributed by atoms with Crippen molar-refractivity contribution in [2.24, 2.45) is 0 Å². The first-order chi connectivity index (χ1) is 13.8. The Bertz CT molecular complexity index is 813. The Labute approximate surface area is 172 Å². The van der Waals surface area contributed by atoms with Crippen molar-refractivity contribution in [3.8, 4) is 11.5 Å². The summed E-state index contributed by atoms with van der Waals surface area (Å²) in [4.78, 5) is 26.9. The first-order valence-corrected chi connectivity index (χ1v) is 9.75. The van der Waals surface area contributed by atoms with E-state index in [0.717, 1.165) is 22.4 Å². The Morgan fingerprint density at radius 1 is 1.03 bits per heavy atom. The quantitative estimate of drug-likeness (QED) is 0.704. The van der Waals surface area contributed by atoms with Crippen molar-refractivity contribution in [2.75, 3.05) is 20.3 Å². The number of carbonyl (C=O) groups excluding carboxylic acids is 2. The molecule has 0 heterocycles. The SMILES string of the molecule is CCNC(=O)[C@H](C)N(Cc1ccc(OC)cc1)C(=O)COc1cc(C)cc(C)c1. The zero-order valence-corrected chi connectivity index (χ0v) is 17.8. The predicted molar refractivity (Wildman–Crippen MR) is 113 cm³/mol. The van der Waals surface area contributed by atoms with Crippen LogP contribution in [0.2, 0.25) is 0 Å². The molecule has 0 saturated carbocycles. The number of hydrogen-bond donors (Lipinski definition) is 1. The number of likely N-dealkylation sites (N-methyl/N-ethyl adjacent to an activating group) is 1. The second kappa shape index (κ2) is 10.5. The van der Waals surface area contributed by atoms with Gasteiger partial charge in [0.05, 0.1) is 7.11 Å². The standard InChI is InChI=1S/C23H30N2O4/c1-6-24-23(27)18(4)25(14-19-7-9-20(28-5)10-8-19)22(26)15-29-21-12-16(2)11-17(3)13-21/h7-13,18H,6,14-15H2,1-5H3,(H,24,27)/t18-/m0/s1. The molecule has 2 aromatic carbocycles. The largest absolute Gasteiger partial charge is 0.497 e. The molecule has 0 aliphatic rings. The first-order valence-electron chi connectivity index (χ1n) is 9.75. The van der Waals surface area contributed by atoms with E-state index in [9.17, 15) is 9.59 Å². The van der Waals surface area contributed by atoms with E-state index in [0.29, 0.717) is 18.8 Å². The highest BCUT2D eigenvalue weighted by molar-refractivity contribution is 5.87. The number of rotatable bonds is 9. The zero-order chi connectivity index (χ0) is 21.4. The van der Waals surface area contributed by atoms with Crippen LogP contribution in [0.1, 0.15) is 30.5 Å². The van der Waals surface area contributed by atoms with Gasteiger partial charge in [-0.2, -0.15) is 0 Å². The molecule has 0 radical (unpaired) electrons. The van der Waals surface area contributed by atoms with E-state index in [2.05, 4.69) is 5.32 Å². The second-order valence-electron chi connectivity index (χ2n) is 7.05. The van der Waals surface area contributed by atoms with Crippen LogP contribution in [0.25, 0.3) is 0 Å². The van der Waals surface area contributed by atoms with Gasteiger partial charge in [0.2, 0.25) is 5.91 Å². The van der Waals surface area contributed by atoms with Crippen LogP contribution in [0.4, 0.5) is 0 Å². The Balaban J connectivity index is 2.15. The topological polar surface area (TPSA) is 67.9 Å². The molecule has 2 aromatic rings. The molecule has 2 amide bonds. The summed E-state index contributed by atoms with van der Waals surface area (Å²) in [5, 5.41) is 2.78. The Morgan fingerprint density at radius 2 is 1.66 bits per heavy atom. The summed E-state index contributed by atoms with van der Waals surface area (Å²) in [6.45, 7) is 8.21. The van der Waals surface area contributed by atoms with E-state index in [-0.39, 0.29) is 18.4 Å². The summed E-state index contributed by atoms with van der Waals surface area (Å²) in [5.74, 6) is 0.937. The molecule has 29 heavy (non-hydrogen) atoms. The number of benzene rings is 2. The van der Waals surface area contributed by atoms with Crippen LogP contribution in [0, 0.1) is 13.8 Å². The smallest absolute Gasteiger partial charge is 0.261 e. The molecule has 0 unspecified atom stereocenters. The molecule has 0 saturated heterocycles. The van der Waals surface area contributed by atoms with Crippen molar-refractivity contribution in [2.45, 2.75) is 40.3 Å². The Kier molecular flexibility index (Phi) is 8.07. The molecule has 0 spiro atoms. The van der Waals surface area contributed by atoms with E-state index in [4.69, 9.17) is 9.47 Å². The van der Waals surface area contributed by atoms with Crippen LogP contribution >= 0.6 is 0 Å². The molecular weight excluding hydrogens is 368 g/mol. The van der Waals surface area contributed by atoms with Crippen LogP contribution in [-0.4, -0.2) is 43.0 Å². The van der Waals surface area contributed by atoms with Crippen molar-refractivity contribution in [3.05, 3.63) is 59.2 Å². The number of nitrogens with one attached hydrogen (secondary N) is 1. The summed E-state index contributed by atoms with van der Waals surface area (Å²) >= 11 is 0. The molecule has 1 N–H and O–H groups in total. The maximum atomic E-state index is 13.0. The number of ether oxygens (including phenoxy) is 2. The van der Waals surface area contributed by atoms with Crippen molar-refractivity contribution >= 4 is 11.8 Å². The monoisotopic (exact) mass is 398 g/mol. The molecule has 0 aromatic heterocycles. The van der Waals surface area contributed by atoms with Gasteiger partial charge in [0.1, 0.15) is 17.5 Å². The van der Waals surface area contributed by atoms with Crippen LogP contribution in [0.15, 0.2) is 42.5 Å². The lowest BCUT2D eigenvalue weighted by Gasteiger charge is -2.28. The van der Waals surface area contributed by atoms with E-state index in [1.54, 1.807) is 14.0 Å². The minimum atomic E-state index is -0.618. The van der Waals surface area contributed by atoms with Gasteiger partial charge in [-0.05, 0) is 68.7 Å². The molecule has 0 aliphatic heterocycles. The maximum absolute atomic E-state index is 13.0. The third kappa shape index (κ3) is 6.52. The van der Waals surface area contributed by atoms with Crippen molar-refractivity contribution in [3.63, 3.8) is 0 Å². The number of methoxy groups -OCH3 is 1. The Morgan fingerprint density at radius 3 is 2.21 bits per heavy atom. The van der Waals surface area contributed by atoms with Crippen molar-refractivity contribution in [1.82, 2.24) is 10.2 Å². The molecule has 0 bridgehead atoms. The summed E-state index contributed by atoms with van der Waals surface area (Å²) in [7, 11) is 1.60. The van der Waals surface area contributed by atoms with Gasteiger partial charge < -0.3 is 19.7 Å². The molecule has 156 valence electrons. The van der Waals surface area contributed by atoms with Gasteiger partial charge in [-0.1, -0.05) is 18.2 Å². The highest BCUT2D eigenvalue weighted by atomic mass is 16.5. The lowest BCUT2D eigenvalue weighted by Crippen LogP contribution is -2.49. The third-order valence-electron chi connectivity index (χ3n) is 4.59. The minimum Gasteiger partial charge on any atom is -0.497 e. The molecule has 6 nitrogen and oxygen atoms in total. The van der Waals surface area contributed by atoms with E-state index < -0.39 is 6.04 Å². The number of carbonyl (C=O) groups is 2. The normalized spacial score (nSPS) is 11.5. The number of hydrogen-bond acceptors (Lipinski definition) is 4. The third-order valence-corrected chi connectivity index (χ3v) is 4.59. The van der Waals surface area contributed by atoms with Gasteiger partial charge in [0, 0.05) is 13.1 Å². The van der Waals surface area contributed by atoms with Gasteiger partial charge >= 0.3 is 0 Å². The minimum absolute atomic E-state index is 0.136. The van der Waals surface area contributed by atoms with Gasteiger partial charge in [0.15, 0.2) is 6.61 Å². The van der Waals surface area contributed by atoms with Crippen LogP contribution in [0.3, 0.4) is 0 Å². The molecule has 1 atom stereocenters. The van der Waals surface area contributed by atoms with Gasteiger partial charge in [0.25, 0.3) is 5.91 Å². The fraction of sp³-hybridized carbons (Fsp3) is 0.391. The highest BCUT2D eigenvalue weighted by Crippen LogP contribution is 2.18. The number of nitrogens with zero attached hydrogens (tertiary/aromatic N) is 1. The first kappa shape index (κ1) is 22.3. The van der Waals surface area contributed by atoms with Gasteiger partial charge in [-0.25, -0.2) is 0 Å². The summed E-state index contributed by atoms with van der Waals surface area (Å²) in [6, 6.07) is 12.6. The maximum Gasteiger partial charge on any atom is 0.261 e. The molecule has 6 heteroatoms.